The molecule has 8 atom stereocenters. The summed E-state index contributed by atoms with van der Waals surface area (Å²) in [5.41, 5.74) is 33.2. The van der Waals surface area contributed by atoms with Gasteiger partial charge in [0.25, 0.3) is 0 Å². The number of amides is 3. The number of aliphatic carboxylic acids is 3. The summed E-state index contributed by atoms with van der Waals surface area (Å²) in [5.74, 6) is 1.43. The molecule has 138 heavy (non-hydrogen) atoms. The van der Waals surface area contributed by atoms with E-state index < -0.39 is 17.9 Å². The Morgan fingerprint density at radius 2 is 0.630 bits per heavy atom. The van der Waals surface area contributed by atoms with Crippen LogP contribution in [-0.4, -0.2) is 249 Å². The molecule has 0 bridgehead atoms. The Morgan fingerprint density at radius 1 is 0.319 bits per heavy atom. The van der Waals surface area contributed by atoms with E-state index in [1.807, 2.05) is 23.9 Å². The Labute approximate surface area is 841 Å². The van der Waals surface area contributed by atoms with Crippen molar-refractivity contribution in [3.8, 4) is 0 Å². The van der Waals surface area contributed by atoms with Gasteiger partial charge in [-0.15, -0.1) is 0 Å². The number of carbonyl (C=O) groups is 8. The zero-order valence-electron chi connectivity index (χ0n) is 89.5. The standard InChI is InChI=1S/C29H56N4O2.C28H54N4O3.C23H44N4O2.C21H36O4.C9H24N4.H2O/c1-4-5-6-10-13-26-22-27(24-28(23-26)25(2)34)14-11-8-7-9-12-15-29(35)33(20-16-30)21-19-32-18-17-31-3;1-3-4-5-9-12-24-21-25(23-26(22-24)28(34)35)13-10-7-6-8-11-14-27(33)32-20-19-31-18-17-30-16-15-29-2;1-19-16-21(18-22(17-19)20(2)28)8-6-4-3-5-7-9-23(29)27(14-11-25)15-13-26-12-10-24;1-2-3-4-8-11-17-14-18(16-19(15-17)21(24)25)12-9-6-5-7-10-13-20(22)23;10-4-1-6-12-8-3-9-13-7-2-5-11;/h22,26,28,31-32H,4-21,23-24,30H2,1-3H3;21,24,26,29-31H,3-20,22-23H2,1-2H3,(H,32,33)(H,34,35);16,19,22,26H,3-15,17-18,24-25H2,1-2H3;14,17,19H,2-13,15-16H2,1H3,(H,22,23)(H,24,25);12-13H,1-11H2;1H2. The molecule has 0 aromatic heterocycles. The third-order valence-corrected chi connectivity index (χ3v) is 27.1. The summed E-state index contributed by atoms with van der Waals surface area (Å²) in [6, 6.07) is 0. The molecule has 0 spiro atoms. The Morgan fingerprint density at radius 3 is 0.993 bits per heavy atom. The van der Waals surface area contributed by atoms with Crippen LogP contribution in [0, 0.1) is 47.3 Å². The molecule has 4 rings (SSSR count). The van der Waals surface area contributed by atoms with Crippen molar-refractivity contribution < 1.29 is 59.2 Å². The van der Waals surface area contributed by atoms with Gasteiger partial charge in [-0.2, -0.15) is 0 Å². The second kappa shape index (κ2) is 97.6. The molecule has 808 valence electrons. The number of rotatable bonds is 85. The molecule has 0 heterocycles. The van der Waals surface area contributed by atoms with Gasteiger partial charge >= 0.3 is 17.9 Å². The molecular formula is C110H216N16O12. The highest BCUT2D eigenvalue weighted by atomic mass is 16.4. The van der Waals surface area contributed by atoms with Gasteiger partial charge in [0.2, 0.25) is 17.7 Å². The van der Waals surface area contributed by atoms with Gasteiger partial charge in [0.05, 0.1) is 11.8 Å². The van der Waals surface area contributed by atoms with Gasteiger partial charge in [0.15, 0.2) is 0 Å². The molecule has 0 aromatic rings. The first-order valence-electron chi connectivity index (χ1n) is 55.8. The first kappa shape index (κ1) is 135. The van der Waals surface area contributed by atoms with Crippen molar-refractivity contribution in [3.63, 3.8) is 0 Å². The summed E-state index contributed by atoms with van der Waals surface area (Å²) in [7, 11) is 3.89. The quantitative estimate of drug-likeness (QED) is 0.0199. The number of hydrogen-bond donors (Lipinski definition) is 17. The van der Waals surface area contributed by atoms with Crippen molar-refractivity contribution in [1.29, 1.82) is 0 Å². The number of nitrogens with two attached hydrogens (primary N) is 5. The van der Waals surface area contributed by atoms with E-state index in [1.165, 1.54) is 151 Å². The molecule has 0 saturated carbocycles. The van der Waals surface area contributed by atoms with Gasteiger partial charge in [-0.3, -0.25) is 38.4 Å². The minimum Gasteiger partial charge on any atom is -0.481 e. The number of likely N-dealkylation sites (N-methyl/N-ethyl adjacent to an activating group) is 2. The van der Waals surface area contributed by atoms with E-state index in [0.717, 1.165) is 304 Å². The van der Waals surface area contributed by atoms with Crippen molar-refractivity contribution in [1.82, 2.24) is 57.7 Å². The molecular weight excluding hydrogens is 1740 g/mol. The summed E-state index contributed by atoms with van der Waals surface area (Å²) >= 11 is 0. The highest BCUT2D eigenvalue weighted by Crippen LogP contribution is 2.38. The van der Waals surface area contributed by atoms with Crippen LogP contribution in [0.25, 0.3) is 0 Å². The lowest BCUT2D eigenvalue weighted by Gasteiger charge is -2.27. The van der Waals surface area contributed by atoms with E-state index in [2.05, 4.69) is 99.9 Å². The molecule has 0 radical (unpaired) electrons. The molecule has 4 aliphatic rings. The highest BCUT2D eigenvalue weighted by Gasteiger charge is 2.30. The lowest BCUT2D eigenvalue weighted by atomic mass is 9.77. The van der Waals surface area contributed by atoms with Crippen LogP contribution in [0.3, 0.4) is 0 Å². The van der Waals surface area contributed by atoms with Crippen LogP contribution >= 0.6 is 0 Å². The topological polar surface area (TPSA) is 474 Å². The number of nitrogens with one attached hydrogen (secondary N) is 9. The fraction of sp³-hybridized carbons (Fsp3) is 0.855. The van der Waals surface area contributed by atoms with E-state index in [0.29, 0.717) is 100 Å². The van der Waals surface area contributed by atoms with Crippen LogP contribution in [0.1, 0.15) is 388 Å². The predicted octanol–water partition coefficient (Wildman–Crippen LogP) is 15.9. The largest absolute Gasteiger partial charge is 0.481 e. The van der Waals surface area contributed by atoms with Gasteiger partial charge in [0.1, 0.15) is 11.6 Å². The number of allylic oxidation sites excluding steroid dienone is 8. The third-order valence-electron chi connectivity index (χ3n) is 27.1. The molecule has 28 nitrogen and oxygen atoms in total. The van der Waals surface area contributed by atoms with E-state index in [9.17, 15) is 48.6 Å². The molecule has 3 amide bonds. The molecule has 28 heteroatoms. The zero-order valence-corrected chi connectivity index (χ0v) is 89.5. The van der Waals surface area contributed by atoms with E-state index >= 15 is 0 Å². The number of carbonyl (C=O) groups excluding carboxylic acids is 5. The van der Waals surface area contributed by atoms with E-state index in [1.54, 1.807) is 13.8 Å². The molecule has 0 fully saturated rings. The van der Waals surface area contributed by atoms with Gasteiger partial charge < -0.3 is 107 Å². The fourth-order valence-electron chi connectivity index (χ4n) is 19.0. The number of hydrogen-bond acceptors (Lipinski definition) is 21. The molecule has 0 saturated heterocycles. The Balaban J connectivity index is 0. The summed E-state index contributed by atoms with van der Waals surface area (Å²) in [4.78, 5) is 98.0. The van der Waals surface area contributed by atoms with Gasteiger partial charge in [-0.1, -0.05) is 228 Å². The average Bonchev–Trinajstić information content (AvgIpc) is 0.859. The van der Waals surface area contributed by atoms with Crippen LogP contribution in [0.4, 0.5) is 0 Å². The maximum atomic E-state index is 12.6. The number of nitrogens with zero attached hydrogens (tertiary/aromatic N) is 2. The van der Waals surface area contributed by atoms with Crippen LogP contribution in [-0.2, 0) is 38.4 Å². The monoisotopic (exact) mass is 1950 g/mol. The van der Waals surface area contributed by atoms with Crippen LogP contribution in [0.15, 0.2) is 46.6 Å². The molecule has 0 aliphatic heterocycles. The number of ketones is 2. The minimum absolute atomic E-state index is 0. The first-order valence-corrected chi connectivity index (χ1v) is 55.8. The minimum atomic E-state index is -0.711. The van der Waals surface area contributed by atoms with Gasteiger partial charge in [-0.25, -0.2) is 0 Å². The highest BCUT2D eigenvalue weighted by molar-refractivity contribution is 5.80. The van der Waals surface area contributed by atoms with Crippen molar-refractivity contribution in [2.24, 2.45) is 76.0 Å². The van der Waals surface area contributed by atoms with Crippen LogP contribution < -0.4 is 76.5 Å². The van der Waals surface area contributed by atoms with Crippen molar-refractivity contribution in [2.45, 2.75) is 388 Å². The van der Waals surface area contributed by atoms with Crippen molar-refractivity contribution >= 4 is 47.2 Å². The number of carboxylic acid groups (broad SMARTS) is 3. The molecule has 4 aliphatic carbocycles. The Bertz CT molecular complexity index is 3070. The van der Waals surface area contributed by atoms with Crippen molar-refractivity contribution in [2.75, 3.05) is 171 Å². The molecule has 0 aromatic carbocycles. The predicted molar refractivity (Wildman–Crippen MR) is 577 cm³/mol. The maximum Gasteiger partial charge on any atom is 0.306 e. The van der Waals surface area contributed by atoms with Gasteiger partial charge in [0, 0.05) is 155 Å². The van der Waals surface area contributed by atoms with Crippen molar-refractivity contribution in [3.05, 3.63) is 46.6 Å². The van der Waals surface area contributed by atoms with Crippen LogP contribution in [0.2, 0.25) is 0 Å². The van der Waals surface area contributed by atoms with Gasteiger partial charge in [-0.05, 0) is 258 Å². The summed E-state index contributed by atoms with van der Waals surface area (Å²) in [5, 5.41) is 56.7. The second-order valence-electron chi connectivity index (χ2n) is 39.8. The Hall–Kier alpha value is -5.44. The molecule has 24 N–H and O–H groups in total. The van der Waals surface area contributed by atoms with E-state index in [-0.39, 0.29) is 53.3 Å². The van der Waals surface area contributed by atoms with E-state index in [4.69, 9.17) is 33.8 Å². The summed E-state index contributed by atoms with van der Waals surface area (Å²) < 4.78 is 0. The number of unbranched alkanes of at least 4 members (excludes halogenated alkanes) is 25. The number of Topliss-reactive ketones (excluding diaryl/α,β-unsaturated/α-hetero) is 2. The Kier molecular flexibility index (Phi) is 95.2. The van der Waals surface area contributed by atoms with Crippen LogP contribution in [0.5, 0.6) is 0 Å². The average molecular weight is 1960 g/mol. The lowest BCUT2D eigenvalue weighted by Crippen LogP contribution is -2.40. The smallest absolute Gasteiger partial charge is 0.306 e. The molecule has 8 unspecified atom stereocenters. The first-order chi connectivity index (χ1) is 66.5. The normalized spacial score (nSPS) is 17.7. The number of carboxylic acids is 3. The zero-order chi connectivity index (χ0) is 101. The summed E-state index contributed by atoms with van der Waals surface area (Å²) in [6.45, 7) is 32.0. The SMILES string of the molecule is CC(=O)C1CC(CCCCCCCC(=O)N(CCN)CCNCCN)=CC(C)C1.CCCCCCC1C=C(CCCCCCCC(=O)N(CCN)CCNCCNC)CC(C(C)=O)C1.CCCCCCC1C=C(CCCCCCCC(=O)NCCNCCNCCNC)CC(C(=O)O)C1.CCCCCCC1C=C(CCCCCCCC(=O)O)CC(C(=O)O)C1.NCCCNCCCNCCCN.O. The third kappa shape index (κ3) is 80.9. The summed E-state index contributed by atoms with van der Waals surface area (Å²) in [6.07, 6.45) is 66.9. The second-order valence-corrected chi connectivity index (χ2v) is 39.8. The fourth-order valence-corrected chi connectivity index (χ4v) is 19.0. The lowest BCUT2D eigenvalue weighted by molar-refractivity contribution is -0.143. The maximum absolute atomic E-state index is 12.6.